The summed E-state index contributed by atoms with van der Waals surface area (Å²) in [6, 6.07) is 64.4. The van der Waals surface area contributed by atoms with Crippen LogP contribution in [0.3, 0.4) is 0 Å². The fraction of sp³-hybridized carbons (Fsp3) is 0. The topological polar surface area (TPSA) is 21.3 Å². The van der Waals surface area contributed by atoms with Crippen molar-refractivity contribution in [3.8, 4) is 22.3 Å². The first-order valence-electron chi connectivity index (χ1n) is 18.6. The Labute approximate surface area is 319 Å². The van der Waals surface area contributed by atoms with Crippen LogP contribution in [0.25, 0.3) is 82.5 Å². The summed E-state index contributed by atoms with van der Waals surface area (Å²) in [5.74, 6) is 0. The first-order chi connectivity index (χ1) is 27.2. The molecule has 8 aromatic carbocycles. The number of nitrogens with zero attached hydrogens (tertiary/aromatic N) is 2. The highest BCUT2D eigenvalue weighted by Crippen LogP contribution is 2.43. The standard InChI is InChI=1S/C52H36N2O/c1-3-46(47(4-2)54-49-24-14-11-21-42(49)43-22-12-15-25-50(43)54)53(40-29-26-36(27-30-40)35-16-6-5-7-17-35)48-23-13-10-20-41(48)39-28-31-51-44(33-39)45-32-37-18-8-9-19-38(37)34-52(45)55-51/h3-34H,1-2H2/b47-46-. The van der Waals surface area contributed by atoms with Crippen LogP contribution in [0.15, 0.2) is 217 Å². The summed E-state index contributed by atoms with van der Waals surface area (Å²) in [5, 5.41) is 6.92. The second-order valence-corrected chi connectivity index (χ2v) is 13.8. The number of benzene rings is 8. The van der Waals surface area contributed by atoms with E-state index in [0.29, 0.717) is 0 Å². The van der Waals surface area contributed by atoms with Crippen LogP contribution in [0, 0.1) is 0 Å². The van der Waals surface area contributed by atoms with Crippen LogP contribution in [0.2, 0.25) is 0 Å². The van der Waals surface area contributed by atoms with Crippen molar-refractivity contribution < 1.29 is 4.42 Å². The third-order valence-corrected chi connectivity index (χ3v) is 10.7. The molecule has 0 atom stereocenters. The molecular formula is C52H36N2O. The Morgan fingerprint density at radius 1 is 0.473 bits per heavy atom. The molecule has 0 saturated carbocycles. The normalized spacial score (nSPS) is 12.1. The molecule has 3 heteroatoms. The Bertz CT molecular complexity index is 3070. The van der Waals surface area contributed by atoms with E-state index in [0.717, 1.165) is 72.4 Å². The van der Waals surface area contributed by atoms with E-state index in [1.165, 1.54) is 27.1 Å². The van der Waals surface area contributed by atoms with Gasteiger partial charge in [-0.25, -0.2) is 0 Å². The summed E-state index contributed by atoms with van der Waals surface area (Å²) in [7, 11) is 0. The van der Waals surface area contributed by atoms with Gasteiger partial charge in [0.15, 0.2) is 0 Å². The van der Waals surface area contributed by atoms with E-state index >= 15 is 0 Å². The Balaban J connectivity index is 1.22. The third-order valence-electron chi connectivity index (χ3n) is 10.7. The predicted octanol–water partition coefficient (Wildman–Crippen LogP) is 14.6. The molecule has 0 saturated heterocycles. The van der Waals surface area contributed by atoms with E-state index < -0.39 is 0 Å². The molecule has 0 unspecified atom stereocenters. The van der Waals surface area contributed by atoms with Crippen LogP contribution in [0.5, 0.6) is 0 Å². The maximum atomic E-state index is 6.41. The van der Waals surface area contributed by atoms with Gasteiger partial charge in [0, 0.05) is 32.8 Å². The Kier molecular flexibility index (Phi) is 7.78. The first-order valence-corrected chi connectivity index (χ1v) is 18.6. The van der Waals surface area contributed by atoms with Crippen LogP contribution in [-0.2, 0) is 0 Å². The van der Waals surface area contributed by atoms with Gasteiger partial charge in [-0.15, -0.1) is 0 Å². The van der Waals surface area contributed by atoms with Crippen LogP contribution in [0.4, 0.5) is 11.4 Å². The van der Waals surface area contributed by atoms with Gasteiger partial charge in [0.05, 0.1) is 28.1 Å². The molecule has 0 aliphatic heterocycles. The lowest BCUT2D eigenvalue weighted by atomic mass is 9.98. The van der Waals surface area contributed by atoms with Crippen LogP contribution < -0.4 is 4.90 Å². The summed E-state index contributed by atoms with van der Waals surface area (Å²) >= 11 is 0. The van der Waals surface area contributed by atoms with Gasteiger partial charge < -0.3 is 13.9 Å². The number of hydrogen-bond donors (Lipinski definition) is 0. The molecule has 260 valence electrons. The molecule has 0 aliphatic rings. The molecule has 0 spiro atoms. The molecule has 2 heterocycles. The maximum Gasteiger partial charge on any atom is 0.136 e. The smallest absolute Gasteiger partial charge is 0.136 e. The van der Waals surface area contributed by atoms with Crippen molar-refractivity contribution in [3.05, 3.63) is 213 Å². The average molecular weight is 705 g/mol. The number of allylic oxidation sites excluding steroid dienone is 3. The molecule has 0 N–H and O–H groups in total. The van der Waals surface area contributed by atoms with Gasteiger partial charge >= 0.3 is 0 Å². The van der Waals surface area contributed by atoms with Crippen molar-refractivity contribution in [3.63, 3.8) is 0 Å². The van der Waals surface area contributed by atoms with E-state index in [2.05, 4.69) is 205 Å². The molecule has 10 rings (SSSR count). The predicted molar refractivity (Wildman–Crippen MR) is 234 cm³/mol. The number of fused-ring (bicyclic) bond motifs is 7. The molecule has 10 aromatic rings. The van der Waals surface area contributed by atoms with E-state index in [9.17, 15) is 0 Å². The van der Waals surface area contributed by atoms with E-state index in [-0.39, 0.29) is 0 Å². The average Bonchev–Trinajstić information content (AvgIpc) is 3.78. The van der Waals surface area contributed by atoms with E-state index in [1.807, 2.05) is 12.2 Å². The van der Waals surface area contributed by atoms with Gasteiger partial charge in [0.25, 0.3) is 0 Å². The monoisotopic (exact) mass is 704 g/mol. The van der Waals surface area contributed by atoms with E-state index in [4.69, 9.17) is 4.42 Å². The Hall–Kier alpha value is -7.36. The molecular weight excluding hydrogens is 669 g/mol. The number of para-hydroxylation sites is 3. The largest absolute Gasteiger partial charge is 0.456 e. The Morgan fingerprint density at radius 2 is 1.05 bits per heavy atom. The molecule has 0 amide bonds. The summed E-state index contributed by atoms with van der Waals surface area (Å²) in [5.41, 5.74) is 12.3. The summed E-state index contributed by atoms with van der Waals surface area (Å²) in [6.45, 7) is 8.88. The van der Waals surface area contributed by atoms with Crippen LogP contribution in [0.1, 0.15) is 0 Å². The molecule has 0 fully saturated rings. The number of hydrogen-bond acceptors (Lipinski definition) is 2. The highest BCUT2D eigenvalue weighted by Gasteiger charge is 2.23. The van der Waals surface area contributed by atoms with Gasteiger partial charge in [-0.05, 0) is 94.2 Å². The molecule has 3 nitrogen and oxygen atoms in total. The zero-order chi connectivity index (χ0) is 36.9. The van der Waals surface area contributed by atoms with Crippen LogP contribution in [-0.4, -0.2) is 4.57 Å². The quantitative estimate of drug-likeness (QED) is 0.147. The van der Waals surface area contributed by atoms with Gasteiger partial charge in [0.2, 0.25) is 0 Å². The van der Waals surface area contributed by atoms with Crippen molar-refractivity contribution in [2.75, 3.05) is 4.90 Å². The zero-order valence-corrected chi connectivity index (χ0v) is 30.2. The highest BCUT2D eigenvalue weighted by molar-refractivity contribution is 6.12. The summed E-state index contributed by atoms with van der Waals surface area (Å²) in [4.78, 5) is 2.32. The molecule has 0 radical (unpaired) electrons. The summed E-state index contributed by atoms with van der Waals surface area (Å²) < 4.78 is 8.73. The number of anilines is 2. The van der Waals surface area contributed by atoms with Gasteiger partial charge in [-0.3, -0.25) is 0 Å². The molecule has 2 aromatic heterocycles. The lowest BCUT2D eigenvalue weighted by Gasteiger charge is -2.30. The Morgan fingerprint density at radius 3 is 1.76 bits per heavy atom. The number of furan rings is 1. The van der Waals surface area contributed by atoms with Crippen molar-refractivity contribution in [1.29, 1.82) is 0 Å². The SMILES string of the molecule is C=C/C(=C(\C=C)n1c2ccccc2c2ccccc21)N(c1ccc(-c2ccccc2)cc1)c1ccccc1-c1ccc2oc3cc4ccccc4cc3c2c1. The van der Waals surface area contributed by atoms with Crippen molar-refractivity contribution in [1.82, 2.24) is 4.57 Å². The van der Waals surface area contributed by atoms with Crippen molar-refractivity contribution >= 4 is 71.6 Å². The molecule has 55 heavy (non-hydrogen) atoms. The van der Waals surface area contributed by atoms with Crippen LogP contribution >= 0.6 is 0 Å². The number of aromatic nitrogens is 1. The van der Waals surface area contributed by atoms with Gasteiger partial charge in [-0.2, -0.15) is 0 Å². The second-order valence-electron chi connectivity index (χ2n) is 13.8. The summed E-state index contributed by atoms with van der Waals surface area (Å²) in [6.07, 6.45) is 3.91. The minimum atomic E-state index is 0.867. The highest BCUT2D eigenvalue weighted by atomic mass is 16.3. The molecule has 0 aliphatic carbocycles. The lowest BCUT2D eigenvalue weighted by molar-refractivity contribution is 0.669. The first kappa shape index (κ1) is 32.3. The number of rotatable bonds is 8. The van der Waals surface area contributed by atoms with E-state index in [1.54, 1.807) is 0 Å². The minimum Gasteiger partial charge on any atom is -0.456 e. The fourth-order valence-electron chi connectivity index (χ4n) is 8.19. The fourth-order valence-corrected chi connectivity index (χ4v) is 8.19. The molecule has 0 bridgehead atoms. The third kappa shape index (κ3) is 5.36. The minimum absolute atomic E-state index is 0.867. The van der Waals surface area contributed by atoms with Crippen molar-refractivity contribution in [2.45, 2.75) is 0 Å². The maximum absolute atomic E-state index is 6.41. The lowest BCUT2D eigenvalue weighted by Crippen LogP contribution is -2.19. The van der Waals surface area contributed by atoms with Crippen molar-refractivity contribution in [2.24, 2.45) is 0 Å². The second kappa shape index (κ2) is 13.2. The van der Waals surface area contributed by atoms with Gasteiger partial charge in [0.1, 0.15) is 11.2 Å². The van der Waals surface area contributed by atoms with Gasteiger partial charge in [-0.1, -0.05) is 141 Å². The zero-order valence-electron chi connectivity index (χ0n) is 30.2.